The van der Waals surface area contributed by atoms with Crippen molar-refractivity contribution in [3.63, 3.8) is 0 Å². The van der Waals surface area contributed by atoms with Crippen molar-refractivity contribution in [1.82, 2.24) is 9.78 Å². The van der Waals surface area contributed by atoms with Gasteiger partial charge in [0.1, 0.15) is 0 Å². The van der Waals surface area contributed by atoms with Crippen LogP contribution in [0.2, 0.25) is 5.02 Å². The van der Waals surface area contributed by atoms with Crippen LogP contribution in [0.15, 0.2) is 35.1 Å². The summed E-state index contributed by atoms with van der Waals surface area (Å²) in [5.41, 5.74) is 1.39. The Bertz CT molecular complexity index is 516. The Morgan fingerprint density at radius 2 is 2.00 bits per heavy atom. The van der Waals surface area contributed by atoms with Crippen LogP contribution in [0.4, 0.5) is 0 Å². The number of H-pyrrole nitrogens is 1. The fourth-order valence-corrected chi connectivity index (χ4v) is 1.55. The SMILES string of the molecule is Cc1cc(=O)n(-c2ccccc2Cl)[nH]1.O. The number of hydrogen-bond donors (Lipinski definition) is 1. The second-order valence-corrected chi connectivity index (χ2v) is 3.47. The summed E-state index contributed by atoms with van der Waals surface area (Å²) in [5.74, 6) is 0. The third-order valence-electron chi connectivity index (χ3n) is 1.94. The van der Waals surface area contributed by atoms with E-state index in [0.717, 1.165) is 5.69 Å². The largest absolute Gasteiger partial charge is 0.412 e. The van der Waals surface area contributed by atoms with E-state index in [2.05, 4.69) is 5.10 Å². The zero-order chi connectivity index (χ0) is 10.1. The van der Waals surface area contributed by atoms with Crippen LogP contribution >= 0.6 is 11.6 Å². The van der Waals surface area contributed by atoms with E-state index in [1.807, 2.05) is 19.1 Å². The average molecular weight is 227 g/mol. The molecule has 0 saturated carbocycles. The second-order valence-electron chi connectivity index (χ2n) is 3.06. The minimum Gasteiger partial charge on any atom is -0.412 e. The lowest BCUT2D eigenvalue weighted by molar-refractivity contribution is 0.824. The Kier molecular flexibility index (Phi) is 3.34. The highest BCUT2D eigenvalue weighted by molar-refractivity contribution is 6.32. The molecule has 0 aliphatic heterocycles. The standard InChI is InChI=1S/C10H9ClN2O.H2O/c1-7-6-10(14)13(12-7)9-5-3-2-4-8(9)11;/h2-6,12H,1H3;1H2. The quantitative estimate of drug-likeness (QED) is 0.783. The van der Waals surface area contributed by atoms with Crippen molar-refractivity contribution in [2.75, 3.05) is 0 Å². The number of nitrogens with zero attached hydrogens (tertiary/aromatic N) is 1. The molecule has 3 N–H and O–H groups in total. The molecule has 0 atom stereocenters. The highest BCUT2D eigenvalue weighted by Gasteiger charge is 2.05. The Labute approximate surface area is 91.4 Å². The summed E-state index contributed by atoms with van der Waals surface area (Å²) in [6.07, 6.45) is 0. The zero-order valence-corrected chi connectivity index (χ0v) is 8.88. The molecule has 0 bridgehead atoms. The average Bonchev–Trinajstić information content (AvgIpc) is 2.46. The molecule has 4 nitrogen and oxygen atoms in total. The van der Waals surface area contributed by atoms with Crippen LogP contribution in [0, 0.1) is 6.92 Å². The number of rotatable bonds is 1. The summed E-state index contributed by atoms with van der Waals surface area (Å²) < 4.78 is 1.43. The molecule has 1 heterocycles. The first kappa shape index (κ1) is 11.6. The van der Waals surface area contributed by atoms with E-state index in [1.165, 1.54) is 10.7 Å². The minimum absolute atomic E-state index is 0. The topological polar surface area (TPSA) is 69.3 Å². The van der Waals surface area contributed by atoms with Crippen molar-refractivity contribution in [2.45, 2.75) is 6.92 Å². The third-order valence-corrected chi connectivity index (χ3v) is 2.26. The molecule has 0 spiro atoms. The number of halogens is 1. The van der Waals surface area contributed by atoms with Gasteiger partial charge in [0.2, 0.25) is 0 Å². The molecule has 2 rings (SSSR count). The van der Waals surface area contributed by atoms with Crippen molar-refractivity contribution in [3.05, 3.63) is 51.4 Å². The molecule has 0 aliphatic carbocycles. The van der Waals surface area contributed by atoms with Crippen molar-refractivity contribution in [1.29, 1.82) is 0 Å². The molecular formula is C10H11ClN2O2. The summed E-state index contributed by atoms with van der Waals surface area (Å²) >= 11 is 5.96. The molecule has 0 saturated heterocycles. The van der Waals surface area contributed by atoms with E-state index in [-0.39, 0.29) is 11.0 Å². The van der Waals surface area contributed by atoms with Gasteiger partial charge in [-0.2, -0.15) is 0 Å². The number of nitrogens with one attached hydrogen (secondary N) is 1. The number of aryl methyl sites for hydroxylation is 1. The first-order chi connectivity index (χ1) is 6.68. The van der Waals surface area contributed by atoms with Gasteiger partial charge in [-0.1, -0.05) is 23.7 Å². The monoisotopic (exact) mass is 226 g/mol. The highest BCUT2D eigenvalue weighted by atomic mass is 35.5. The van der Waals surface area contributed by atoms with Gasteiger partial charge in [0.25, 0.3) is 5.56 Å². The van der Waals surface area contributed by atoms with Crippen LogP contribution < -0.4 is 5.56 Å². The van der Waals surface area contributed by atoms with Gasteiger partial charge < -0.3 is 5.48 Å². The second kappa shape index (κ2) is 4.33. The maximum absolute atomic E-state index is 11.5. The number of para-hydroxylation sites is 1. The number of aromatic nitrogens is 2. The predicted octanol–water partition coefficient (Wildman–Crippen LogP) is 1.30. The summed E-state index contributed by atoms with van der Waals surface area (Å²) in [6, 6.07) is 8.74. The third kappa shape index (κ3) is 2.11. The molecular weight excluding hydrogens is 216 g/mol. The molecule has 15 heavy (non-hydrogen) atoms. The van der Waals surface area contributed by atoms with E-state index in [0.29, 0.717) is 10.7 Å². The van der Waals surface area contributed by atoms with E-state index in [1.54, 1.807) is 12.1 Å². The van der Waals surface area contributed by atoms with Gasteiger partial charge in [-0.15, -0.1) is 0 Å². The Morgan fingerprint density at radius 1 is 1.33 bits per heavy atom. The summed E-state index contributed by atoms with van der Waals surface area (Å²) in [5, 5.41) is 3.47. The lowest BCUT2D eigenvalue weighted by atomic mass is 10.3. The van der Waals surface area contributed by atoms with Crippen LogP contribution in [0.5, 0.6) is 0 Å². The minimum atomic E-state index is -0.101. The van der Waals surface area contributed by atoms with E-state index in [4.69, 9.17) is 11.6 Å². The molecule has 0 fully saturated rings. The van der Waals surface area contributed by atoms with Crippen LogP contribution in [0.1, 0.15) is 5.69 Å². The lowest BCUT2D eigenvalue weighted by Gasteiger charge is -2.03. The maximum atomic E-state index is 11.5. The molecule has 5 heteroatoms. The van der Waals surface area contributed by atoms with Gasteiger partial charge in [0.05, 0.1) is 10.7 Å². The van der Waals surface area contributed by atoms with Gasteiger partial charge in [-0.3, -0.25) is 9.89 Å². The zero-order valence-electron chi connectivity index (χ0n) is 8.12. The van der Waals surface area contributed by atoms with E-state index < -0.39 is 0 Å². The van der Waals surface area contributed by atoms with Crippen LogP contribution in [-0.2, 0) is 0 Å². The smallest absolute Gasteiger partial charge is 0.271 e. The number of aromatic amines is 1. The number of benzene rings is 1. The molecule has 0 amide bonds. The lowest BCUT2D eigenvalue weighted by Crippen LogP contribution is -2.13. The molecule has 0 aliphatic rings. The van der Waals surface area contributed by atoms with Crippen molar-refractivity contribution in [2.24, 2.45) is 0 Å². The molecule has 2 aromatic rings. The first-order valence-corrected chi connectivity index (χ1v) is 4.60. The predicted molar refractivity (Wildman–Crippen MR) is 59.8 cm³/mol. The van der Waals surface area contributed by atoms with E-state index >= 15 is 0 Å². The van der Waals surface area contributed by atoms with E-state index in [9.17, 15) is 4.79 Å². The number of hydrogen-bond acceptors (Lipinski definition) is 1. The van der Waals surface area contributed by atoms with Crippen molar-refractivity contribution in [3.8, 4) is 5.69 Å². The highest BCUT2D eigenvalue weighted by Crippen LogP contribution is 2.17. The van der Waals surface area contributed by atoms with Crippen LogP contribution in [-0.4, -0.2) is 15.3 Å². The molecule has 1 aromatic carbocycles. The molecule has 1 aromatic heterocycles. The molecule has 0 radical (unpaired) electrons. The fourth-order valence-electron chi connectivity index (χ4n) is 1.33. The van der Waals surface area contributed by atoms with Gasteiger partial charge in [0, 0.05) is 11.8 Å². The Hall–Kier alpha value is -1.52. The van der Waals surface area contributed by atoms with Crippen LogP contribution in [0.25, 0.3) is 5.69 Å². The summed E-state index contributed by atoms with van der Waals surface area (Å²) in [4.78, 5) is 11.5. The van der Waals surface area contributed by atoms with Crippen molar-refractivity contribution < 1.29 is 5.48 Å². The molecule has 0 unspecified atom stereocenters. The summed E-state index contributed by atoms with van der Waals surface area (Å²) in [7, 11) is 0. The summed E-state index contributed by atoms with van der Waals surface area (Å²) in [6.45, 7) is 1.83. The Balaban J connectivity index is 0.00000112. The van der Waals surface area contributed by atoms with Gasteiger partial charge in [-0.25, -0.2) is 4.68 Å². The van der Waals surface area contributed by atoms with Gasteiger partial charge in [0.15, 0.2) is 0 Å². The Morgan fingerprint density at radius 3 is 2.53 bits per heavy atom. The first-order valence-electron chi connectivity index (χ1n) is 4.22. The molecule has 80 valence electrons. The fraction of sp³-hybridized carbons (Fsp3) is 0.100. The normalized spacial score (nSPS) is 9.73. The van der Waals surface area contributed by atoms with Crippen molar-refractivity contribution >= 4 is 11.6 Å². The van der Waals surface area contributed by atoms with Gasteiger partial charge in [-0.05, 0) is 19.1 Å². The maximum Gasteiger partial charge on any atom is 0.271 e. The van der Waals surface area contributed by atoms with Gasteiger partial charge >= 0.3 is 0 Å². The van der Waals surface area contributed by atoms with Crippen LogP contribution in [0.3, 0.4) is 0 Å².